The highest BCUT2D eigenvalue weighted by Gasteiger charge is 2.30. The standard InChI is InChI=1S/C72H140O17P2/c1-5-9-13-17-21-24-26-28-29-30-31-32-33-34-35-36-38-40-43-47-51-55-59-72(77)89-68(63-83-70(75)57-53-49-45-42-39-37-27-25-22-18-14-10-6-2)65-87-91(80,81)85-61-66(73)60-84-90(78,79)86-64-67(62-82-69(74)56-52-48-44-20-16-12-8-4)88-71(76)58-54-50-46-41-23-19-15-11-7-3/h66-68,73H,5-65H2,1-4H3,(H,78,79)(H,80,81)/t66-,67+,68+/m0/s1. The van der Waals surface area contributed by atoms with Crippen LogP contribution in [0.25, 0.3) is 0 Å². The van der Waals surface area contributed by atoms with E-state index in [4.69, 9.17) is 37.0 Å². The molecule has 540 valence electrons. The molecule has 0 heterocycles. The van der Waals surface area contributed by atoms with E-state index >= 15 is 0 Å². The van der Waals surface area contributed by atoms with Crippen molar-refractivity contribution in [3.63, 3.8) is 0 Å². The van der Waals surface area contributed by atoms with E-state index in [1.165, 1.54) is 199 Å². The Morgan fingerprint density at radius 1 is 0.264 bits per heavy atom. The fraction of sp³-hybridized carbons (Fsp3) is 0.944. The summed E-state index contributed by atoms with van der Waals surface area (Å²) in [6.45, 7) is 4.89. The van der Waals surface area contributed by atoms with Crippen LogP contribution in [0.1, 0.15) is 381 Å². The number of hydrogen-bond acceptors (Lipinski definition) is 15. The Hall–Kier alpha value is -1.94. The molecule has 0 aliphatic rings. The number of aliphatic hydroxyl groups is 1. The van der Waals surface area contributed by atoms with Crippen molar-refractivity contribution in [2.75, 3.05) is 39.6 Å². The van der Waals surface area contributed by atoms with Crippen molar-refractivity contribution in [2.24, 2.45) is 0 Å². The van der Waals surface area contributed by atoms with Crippen LogP contribution in [0.3, 0.4) is 0 Å². The minimum atomic E-state index is -4.95. The Labute approximate surface area is 556 Å². The molecule has 5 atom stereocenters. The number of aliphatic hydroxyl groups excluding tert-OH is 1. The van der Waals surface area contributed by atoms with Crippen LogP contribution in [-0.2, 0) is 65.4 Å². The lowest BCUT2D eigenvalue weighted by Gasteiger charge is -2.21. The number of esters is 4. The van der Waals surface area contributed by atoms with Gasteiger partial charge in [0.2, 0.25) is 0 Å². The Balaban J connectivity index is 5.11. The number of hydrogen-bond donors (Lipinski definition) is 3. The number of carbonyl (C=O) groups excluding carboxylic acids is 4. The van der Waals surface area contributed by atoms with Crippen LogP contribution in [-0.4, -0.2) is 96.7 Å². The largest absolute Gasteiger partial charge is 0.472 e. The average Bonchev–Trinajstić information content (AvgIpc) is 3.54. The monoisotopic (exact) mass is 1340 g/mol. The Morgan fingerprint density at radius 3 is 0.648 bits per heavy atom. The van der Waals surface area contributed by atoms with Gasteiger partial charge in [0.25, 0.3) is 0 Å². The van der Waals surface area contributed by atoms with E-state index in [0.29, 0.717) is 25.7 Å². The summed E-state index contributed by atoms with van der Waals surface area (Å²) in [5.74, 6) is -2.13. The van der Waals surface area contributed by atoms with Crippen LogP contribution in [0.15, 0.2) is 0 Å². The second-order valence-electron chi connectivity index (χ2n) is 26.0. The number of ether oxygens (including phenoxy) is 4. The highest BCUT2D eigenvalue weighted by molar-refractivity contribution is 7.47. The van der Waals surface area contributed by atoms with E-state index < -0.39 is 97.5 Å². The van der Waals surface area contributed by atoms with Crippen molar-refractivity contribution in [3.05, 3.63) is 0 Å². The van der Waals surface area contributed by atoms with Gasteiger partial charge in [-0.15, -0.1) is 0 Å². The molecule has 91 heavy (non-hydrogen) atoms. The van der Waals surface area contributed by atoms with E-state index in [0.717, 1.165) is 103 Å². The summed E-state index contributed by atoms with van der Waals surface area (Å²) in [7, 11) is -9.89. The summed E-state index contributed by atoms with van der Waals surface area (Å²) in [6.07, 6.45) is 55.8. The lowest BCUT2D eigenvalue weighted by molar-refractivity contribution is -0.161. The van der Waals surface area contributed by atoms with Gasteiger partial charge >= 0.3 is 39.5 Å². The predicted molar refractivity (Wildman–Crippen MR) is 368 cm³/mol. The third kappa shape index (κ3) is 66.5. The predicted octanol–water partition coefficient (Wildman–Crippen LogP) is 21.1. The van der Waals surface area contributed by atoms with E-state index in [1.54, 1.807) is 0 Å². The highest BCUT2D eigenvalue weighted by Crippen LogP contribution is 2.45. The Morgan fingerprint density at radius 2 is 0.440 bits per heavy atom. The molecule has 0 rings (SSSR count). The summed E-state index contributed by atoms with van der Waals surface area (Å²) in [6, 6.07) is 0. The first kappa shape index (κ1) is 89.1. The van der Waals surface area contributed by atoms with Gasteiger partial charge in [0.05, 0.1) is 26.4 Å². The lowest BCUT2D eigenvalue weighted by atomic mass is 10.0. The lowest BCUT2D eigenvalue weighted by Crippen LogP contribution is -2.30. The molecule has 2 unspecified atom stereocenters. The third-order valence-corrected chi connectivity index (χ3v) is 18.8. The molecule has 0 aromatic heterocycles. The molecular weight excluding hydrogens is 1200 g/mol. The molecular formula is C72H140O17P2. The van der Waals surface area contributed by atoms with Gasteiger partial charge in [0.1, 0.15) is 19.3 Å². The minimum absolute atomic E-state index is 0.106. The fourth-order valence-corrected chi connectivity index (χ4v) is 12.6. The molecule has 0 aromatic rings. The van der Waals surface area contributed by atoms with Crippen LogP contribution in [0.5, 0.6) is 0 Å². The van der Waals surface area contributed by atoms with E-state index in [1.807, 2.05) is 0 Å². The van der Waals surface area contributed by atoms with Crippen LogP contribution >= 0.6 is 15.6 Å². The zero-order valence-electron chi connectivity index (χ0n) is 58.8. The molecule has 3 N–H and O–H groups in total. The van der Waals surface area contributed by atoms with Gasteiger partial charge in [-0.25, -0.2) is 9.13 Å². The summed E-state index contributed by atoms with van der Waals surface area (Å²) in [5, 5.41) is 10.6. The molecule has 0 saturated carbocycles. The first-order valence-corrected chi connectivity index (χ1v) is 40.8. The van der Waals surface area contributed by atoms with Gasteiger partial charge < -0.3 is 33.8 Å². The second-order valence-corrected chi connectivity index (χ2v) is 28.9. The van der Waals surface area contributed by atoms with Crippen molar-refractivity contribution in [2.45, 2.75) is 399 Å². The third-order valence-electron chi connectivity index (χ3n) is 16.9. The second kappa shape index (κ2) is 66.7. The van der Waals surface area contributed by atoms with Crippen molar-refractivity contribution in [1.29, 1.82) is 0 Å². The topological polar surface area (TPSA) is 237 Å². The molecule has 0 saturated heterocycles. The molecule has 0 aliphatic carbocycles. The molecule has 19 heteroatoms. The molecule has 0 radical (unpaired) electrons. The molecule has 0 amide bonds. The van der Waals surface area contributed by atoms with Crippen molar-refractivity contribution < 1.29 is 80.2 Å². The van der Waals surface area contributed by atoms with Gasteiger partial charge in [-0.2, -0.15) is 0 Å². The number of phosphoric ester groups is 2. The van der Waals surface area contributed by atoms with Crippen LogP contribution < -0.4 is 0 Å². The minimum Gasteiger partial charge on any atom is -0.462 e. The first-order valence-electron chi connectivity index (χ1n) is 37.8. The van der Waals surface area contributed by atoms with Crippen molar-refractivity contribution >= 4 is 39.5 Å². The van der Waals surface area contributed by atoms with Gasteiger partial charge in [-0.3, -0.25) is 37.3 Å². The number of phosphoric acid groups is 2. The summed E-state index contributed by atoms with van der Waals surface area (Å²) in [5.41, 5.74) is 0. The SMILES string of the molecule is CCCCCCCCCCCCCCCCCCCCCCCCC(=O)O[C@H](COC(=O)CCCCCCCCCCCCCCC)COP(=O)(O)OC[C@@H](O)COP(=O)(O)OC[C@@H](COC(=O)CCCCCCCCC)OC(=O)CCCCCCCCCCC. The maximum Gasteiger partial charge on any atom is 0.472 e. The quantitative estimate of drug-likeness (QED) is 0.0222. The molecule has 17 nitrogen and oxygen atoms in total. The maximum atomic E-state index is 13.0. The van der Waals surface area contributed by atoms with Crippen LogP contribution in [0.2, 0.25) is 0 Å². The maximum absolute atomic E-state index is 13.0. The smallest absolute Gasteiger partial charge is 0.462 e. The Bertz CT molecular complexity index is 1740. The van der Waals surface area contributed by atoms with Crippen molar-refractivity contribution in [1.82, 2.24) is 0 Å². The molecule has 0 bridgehead atoms. The first-order chi connectivity index (χ1) is 44.2. The number of unbranched alkanes of at least 4 members (excludes halogenated alkanes) is 47. The van der Waals surface area contributed by atoms with Gasteiger partial charge in [-0.05, 0) is 25.7 Å². The average molecular weight is 1340 g/mol. The van der Waals surface area contributed by atoms with E-state index in [2.05, 4.69) is 27.7 Å². The van der Waals surface area contributed by atoms with E-state index in [9.17, 15) is 43.2 Å². The fourth-order valence-electron chi connectivity index (χ4n) is 11.0. The number of rotatable bonds is 73. The van der Waals surface area contributed by atoms with Gasteiger partial charge in [0.15, 0.2) is 12.2 Å². The highest BCUT2D eigenvalue weighted by atomic mass is 31.2. The summed E-state index contributed by atoms with van der Waals surface area (Å²) in [4.78, 5) is 72.4. The summed E-state index contributed by atoms with van der Waals surface area (Å²) >= 11 is 0. The van der Waals surface area contributed by atoms with Crippen LogP contribution in [0, 0.1) is 0 Å². The van der Waals surface area contributed by atoms with Gasteiger partial charge in [-0.1, -0.05) is 329 Å². The zero-order chi connectivity index (χ0) is 66.8. The summed E-state index contributed by atoms with van der Waals surface area (Å²) < 4.78 is 68.2. The zero-order valence-corrected chi connectivity index (χ0v) is 60.6. The molecule has 0 fully saturated rings. The number of carbonyl (C=O) groups is 4. The molecule has 0 aromatic carbocycles. The van der Waals surface area contributed by atoms with E-state index in [-0.39, 0.29) is 25.7 Å². The van der Waals surface area contributed by atoms with Crippen molar-refractivity contribution in [3.8, 4) is 0 Å². The molecule has 0 aliphatic heterocycles. The molecule has 0 spiro atoms. The Kier molecular flexibility index (Phi) is 65.2. The normalized spacial score (nSPS) is 14.0. The van der Waals surface area contributed by atoms with Crippen LogP contribution in [0.4, 0.5) is 0 Å². The van der Waals surface area contributed by atoms with Gasteiger partial charge in [0, 0.05) is 25.7 Å².